The second kappa shape index (κ2) is 9.71. The van der Waals surface area contributed by atoms with E-state index in [1.54, 1.807) is 12.1 Å². The summed E-state index contributed by atoms with van der Waals surface area (Å²) in [5.41, 5.74) is 2.32. The van der Waals surface area contributed by atoms with Crippen LogP contribution in [0.3, 0.4) is 0 Å². The molecule has 0 unspecified atom stereocenters. The van der Waals surface area contributed by atoms with Gasteiger partial charge >= 0.3 is 5.97 Å². The first-order chi connectivity index (χ1) is 10.5. The minimum atomic E-state index is -0.273. The van der Waals surface area contributed by atoms with Crippen LogP contribution in [0.2, 0.25) is 0 Å². The maximum absolute atomic E-state index is 11.5. The normalized spacial score (nSPS) is 11.1. The first-order valence-electron chi connectivity index (χ1n) is 7.56. The van der Waals surface area contributed by atoms with Gasteiger partial charge in [0.25, 0.3) is 0 Å². The van der Waals surface area contributed by atoms with Crippen molar-refractivity contribution in [3.05, 3.63) is 24.3 Å². The molecule has 0 aliphatic rings. The predicted octanol–water partition coefficient (Wildman–Crippen LogP) is 3.86. The lowest BCUT2D eigenvalue weighted by Gasteiger charge is -2.06. The molecule has 5 nitrogen and oxygen atoms in total. The molecule has 0 heterocycles. The van der Waals surface area contributed by atoms with E-state index in [0.29, 0.717) is 0 Å². The van der Waals surface area contributed by atoms with Crippen molar-refractivity contribution in [3.8, 4) is 0 Å². The lowest BCUT2D eigenvalue weighted by molar-refractivity contribution is -0.139. The van der Waals surface area contributed by atoms with Crippen molar-refractivity contribution in [1.82, 2.24) is 0 Å². The maximum Gasteiger partial charge on any atom is 0.311 e. The fourth-order valence-corrected chi connectivity index (χ4v) is 2.01. The van der Waals surface area contributed by atoms with Crippen molar-refractivity contribution >= 4 is 29.0 Å². The van der Waals surface area contributed by atoms with Gasteiger partial charge in [-0.3, -0.25) is 14.6 Å². The SMILES string of the molecule is CCCCCC(CC(=O)OC)=Nc1ccc(NC(C)=O)cc1. The van der Waals surface area contributed by atoms with Crippen LogP contribution in [-0.2, 0) is 14.3 Å². The highest BCUT2D eigenvalue weighted by atomic mass is 16.5. The van der Waals surface area contributed by atoms with E-state index in [1.807, 2.05) is 12.1 Å². The third kappa shape index (κ3) is 7.02. The number of amides is 1. The van der Waals surface area contributed by atoms with Crippen molar-refractivity contribution in [2.24, 2.45) is 4.99 Å². The van der Waals surface area contributed by atoms with Crippen LogP contribution in [0.1, 0.15) is 46.0 Å². The predicted molar refractivity (Wildman–Crippen MR) is 88.6 cm³/mol. The van der Waals surface area contributed by atoms with Crippen LogP contribution in [0.15, 0.2) is 29.3 Å². The Labute approximate surface area is 131 Å². The van der Waals surface area contributed by atoms with Crippen LogP contribution in [0.4, 0.5) is 11.4 Å². The molecular formula is C17H24N2O3. The topological polar surface area (TPSA) is 67.8 Å². The number of hydrogen-bond donors (Lipinski definition) is 1. The summed E-state index contributed by atoms with van der Waals surface area (Å²) in [6.07, 6.45) is 4.25. The standard InChI is InChI=1S/C17H24N2O3/c1-4-5-6-7-16(12-17(21)22-3)19-15-10-8-14(9-11-15)18-13(2)20/h8-11H,4-7,12H2,1-3H3,(H,18,20). The molecule has 0 aromatic heterocycles. The molecule has 0 aliphatic carbocycles. The highest BCUT2D eigenvalue weighted by Crippen LogP contribution is 2.18. The molecule has 0 fully saturated rings. The molecule has 0 aliphatic heterocycles. The number of nitrogens with one attached hydrogen (secondary N) is 1. The molecule has 22 heavy (non-hydrogen) atoms. The Balaban J connectivity index is 2.79. The van der Waals surface area contributed by atoms with Crippen LogP contribution in [-0.4, -0.2) is 24.7 Å². The summed E-state index contributed by atoms with van der Waals surface area (Å²) >= 11 is 0. The summed E-state index contributed by atoms with van der Waals surface area (Å²) in [4.78, 5) is 27.0. The van der Waals surface area contributed by atoms with Crippen molar-refractivity contribution in [2.45, 2.75) is 46.0 Å². The number of benzene rings is 1. The zero-order valence-electron chi connectivity index (χ0n) is 13.5. The van der Waals surface area contributed by atoms with E-state index in [4.69, 9.17) is 4.74 Å². The van der Waals surface area contributed by atoms with Crippen molar-refractivity contribution in [3.63, 3.8) is 0 Å². The van der Waals surface area contributed by atoms with Gasteiger partial charge in [-0.2, -0.15) is 0 Å². The van der Waals surface area contributed by atoms with Crippen LogP contribution < -0.4 is 5.32 Å². The Bertz CT molecular complexity index is 521. The molecule has 0 saturated heterocycles. The fourth-order valence-electron chi connectivity index (χ4n) is 2.01. The summed E-state index contributed by atoms with van der Waals surface area (Å²) in [5, 5.41) is 2.71. The molecule has 1 N–H and O–H groups in total. The number of nitrogens with zero attached hydrogens (tertiary/aromatic N) is 1. The Morgan fingerprint density at radius 2 is 1.86 bits per heavy atom. The number of carbonyl (C=O) groups excluding carboxylic acids is 2. The molecule has 1 aromatic rings. The van der Waals surface area contributed by atoms with Gasteiger partial charge in [0.1, 0.15) is 0 Å². The number of esters is 1. The number of unbranched alkanes of at least 4 members (excludes halogenated alkanes) is 2. The van der Waals surface area contributed by atoms with Gasteiger partial charge in [0.05, 0.1) is 19.2 Å². The molecule has 0 radical (unpaired) electrons. The van der Waals surface area contributed by atoms with Gasteiger partial charge in [0.15, 0.2) is 0 Å². The molecule has 0 saturated carbocycles. The Morgan fingerprint density at radius 3 is 2.41 bits per heavy atom. The maximum atomic E-state index is 11.5. The van der Waals surface area contributed by atoms with E-state index in [-0.39, 0.29) is 18.3 Å². The second-order valence-corrected chi connectivity index (χ2v) is 5.12. The average molecular weight is 304 g/mol. The van der Waals surface area contributed by atoms with Crippen LogP contribution in [0.5, 0.6) is 0 Å². The highest BCUT2D eigenvalue weighted by Gasteiger charge is 2.08. The molecule has 5 heteroatoms. The van der Waals surface area contributed by atoms with E-state index in [9.17, 15) is 9.59 Å². The lowest BCUT2D eigenvalue weighted by atomic mass is 10.1. The smallest absolute Gasteiger partial charge is 0.311 e. The lowest BCUT2D eigenvalue weighted by Crippen LogP contribution is -2.09. The summed E-state index contributed by atoms with van der Waals surface area (Å²) < 4.78 is 4.72. The summed E-state index contributed by atoms with van der Waals surface area (Å²) in [7, 11) is 1.38. The quantitative estimate of drug-likeness (QED) is 0.450. The molecular weight excluding hydrogens is 280 g/mol. The Hall–Kier alpha value is -2.17. The molecule has 120 valence electrons. The average Bonchev–Trinajstić information content (AvgIpc) is 2.48. The largest absolute Gasteiger partial charge is 0.469 e. The number of anilines is 1. The van der Waals surface area contributed by atoms with E-state index in [2.05, 4.69) is 17.2 Å². The number of methoxy groups -OCH3 is 1. The first-order valence-corrected chi connectivity index (χ1v) is 7.56. The minimum absolute atomic E-state index is 0.109. The molecule has 1 rings (SSSR count). The third-order valence-corrected chi connectivity index (χ3v) is 3.12. The van der Waals surface area contributed by atoms with Crippen molar-refractivity contribution < 1.29 is 14.3 Å². The third-order valence-electron chi connectivity index (χ3n) is 3.12. The van der Waals surface area contributed by atoms with E-state index < -0.39 is 0 Å². The summed E-state index contributed by atoms with van der Waals surface area (Å²) in [6.45, 7) is 3.60. The van der Waals surface area contributed by atoms with Gasteiger partial charge in [-0.1, -0.05) is 19.8 Å². The van der Waals surface area contributed by atoms with Gasteiger partial charge in [0.2, 0.25) is 5.91 Å². The number of aliphatic imine (C=N–C) groups is 1. The monoisotopic (exact) mass is 304 g/mol. The Morgan fingerprint density at radius 1 is 1.18 bits per heavy atom. The zero-order chi connectivity index (χ0) is 16.4. The molecule has 1 amide bonds. The molecule has 0 bridgehead atoms. The van der Waals surface area contributed by atoms with Crippen LogP contribution in [0.25, 0.3) is 0 Å². The van der Waals surface area contributed by atoms with Gasteiger partial charge < -0.3 is 10.1 Å². The molecule has 0 atom stereocenters. The van der Waals surface area contributed by atoms with Gasteiger partial charge in [0, 0.05) is 18.3 Å². The second-order valence-electron chi connectivity index (χ2n) is 5.12. The fraction of sp³-hybridized carbons (Fsp3) is 0.471. The number of rotatable bonds is 8. The van der Waals surface area contributed by atoms with Crippen molar-refractivity contribution in [1.29, 1.82) is 0 Å². The van der Waals surface area contributed by atoms with E-state index in [1.165, 1.54) is 14.0 Å². The summed E-state index contributed by atoms with van der Waals surface area (Å²) in [5.74, 6) is -0.382. The van der Waals surface area contributed by atoms with Crippen LogP contribution >= 0.6 is 0 Å². The number of ether oxygens (including phenoxy) is 1. The number of hydrogen-bond acceptors (Lipinski definition) is 4. The van der Waals surface area contributed by atoms with Crippen LogP contribution in [0, 0.1) is 0 Å². The van der Waals surface area contributed by atoms with Gasteiger partial charge in [-0.15, -0.1) is 0 Å². The van der Waals surface area contributed by atoms with E-state index >= 15 is 0 Å². The highest BCUT2D eigenvalue weighted by molar-refractivity contribution is 6.00. The van der Waals surface area contributed by atoms with E-state index in [0.717, 1.165) is 42.8 Å². The van der Waals surface area contributed by atoms with Crippen molar-refractivity contribution in [2.75, 3.05) is 12.4 Å². The zero-order valence-corrected chi connectivity index (χ0v) is 13.5. The molecule has 1 aromatic carbocycles. The first kappa shape index (κ1) is 17.9. The molecule has 0 spiro atoms. The van der Waals surface area contributed by atoms with Gasteiger partial charge in [-0.05, 0) is 37.1 Å². The minimum Gasteiger partial charge on any atom is -0.469 e. The number of carbonyl (C=O) groups is 2. The van der Waals surface area contributed by atoms with Gasteiger partial charge in [-0.25, -0.2) is 0 Å². The Kier molecular flexibility index (Phi) is 7.89. The summed E-state index contributed by atoms with van der Waals surface area (Å²) in [6, 6.07) is 7.23.